The molecule has 1 saturated heterocycles. The first-order valence-corrected chi connectivity index (χ1v) is 9.81. The van der Waals surface area contributed by atoms with Crippen LogP contribution in [0.4, 0.5) is 5.95 Å². The first-order valence-electron chi connectivity index (χ1n) is 9.81. The van der Waals surface area contributed by atoms with Gasteiger partial charge in [-0.3, -0.25) is 4.90 Å². The topological polar surface area (TPSA) is 59.5 Å². The van der Waals surface area contributed by atoms with E-state index in [-0.39, 0.29) is 0 Å². The van der Waals surface area contributed by atoms with Crippen LogP contribution in [0.2, 0.25) is 0 Å². The normalized spacial score (nSPS) is 15.5. The number of nitrogens with one attached hydrogen (secondary N) is 1. The van der Waals surface area contributed by atoms with E-state index in [9.17, 15) is 0 Å². The van der Waals surface area contributed by atoms with Crippen molar-refractivity contribution in [1.29, 1.82) is 0 Å². The number of likely N-dealkylation sites (tertiary alicyclic amines) is 1. The quantitative estimate of drug-likeness (QED) is 0.767. The summed E-state index contributed by atoms with van der Waals surface area (Å²) >= 11 is 0. The summed E-state index contributed by atoms with van der Waals surface area (Å²) in [5.41, 5.74) is 2.42. The van der Waals surface area contributed by atoms with Crippen molar-refractivity contribution in [1.82, 2.24) is 14.9 Å². The molecule has 3 rings (SSSR count). The average Bonchev–Trinajstić information content (AvgIpc) is 2.71. The lowest BCUT2D eigenvalue weighted by Gasteiger charge is -2.32. The number of anilines is 1. The van der Waals surface area contributed by atoms with Gasteiger partial charge in [0.05, 0.1) is 13.7 Å². The highest BCUT2D eigenvalue weighted by atomic mass is 16.5. The maximum atomic E-state index is 5.69. The number of nitrogens with zero attached hydrogens (tertiary/aromatic N) is 3. The molecule has 2 heterocycles. The van der Waals surface area contributed by atoms with Crippen LogP contribution in [0.1, 0.15) is 37.8 Å². The van der Waals surface area contributed by atoms with E-state index in [1.807, 2.05) is 25.4 Å². The molecule has 6 heteroatoms. The van der Waals surface area contributed by atoms with Crippen molar-refractivity contribution < 1.29 is 9.47 Å². The molecule has 146 valence electrons. The molecule has 6 nitrogen and oxygen atoms in total. The number of ether oxygens (including phenoxy) is 2. The summed E-state index contributed by atoms with van der Waals surface area (Å²) in [4.78, 5) is 11.3. The van der Waals surface area contributed by atoms with Gasteiger partial charge in [0.25, 0.3) is 0 Å². The van der Waals surface area contributed by atoms with E-state index in [0.29, 0.717) is 12.6 Å². The molecule has 0 radical (unpaired) electrons. The van der Waals surface area contributed by atoms with E-state index < -0.39 is 0 Å². The second-order valence-corrected chi connectivity index (χ2v) is 6.88. The minimum absolute atomic E-state index is 0.434. The van der Waals surface area contributed by atoms with Crippen molar-refractivity contribution in [3.63, 3.8) is 0 Å². The fourth-order valence-electron chi connectivity index (χ4n) is 3.38. The first-order chi connectivity index (χ1) is 13.2. The number of hydrogen-bond donors (Lipinski definition) is 1. The summed E-state index contributed by atoms with van der Waals surface area (Å²) < 4.78 is 11.1. The number of aromatic nitrogens is 2. The predicted molar refractivity (Wildman–Crippen MR) is 107 cm³/mol. The molecule has 1 aromatic carbocycles. The molecule has 0 aliphatic carbocycles. The van der Waals surface area contributed by atoms with Crippen molar-refractivity contribution in [3.05, 3.63) is 41.7 Å². The van der Waals surface area contributed by atoms with Crippen LogP contribution in [0.15, 0.2) is 30.6 Å². The molecule has 1 aromatic heterocycles. The minimum atomic E-state index is 0.434. The zero-order valence-corrected chi connectivity index (χ0v) is 16.6. The van der Waals surface area contributed by atoms with E-state index >= 15 is 0 Å². The Kier molecular flexibility index (Phi) is 6.87. The van der Waals surface area contributed by atoms with Crippen LogP contribution < -0.4 is 14.8 Å². The number of rotatable bonds is 8. The zero-order valence-electron chi connectivity index (χ0n) is 16.6. The molecule has 0 atom stereocenters. The van der Waals surface area contributed by atoms with Crippen LogP contribution in [0, 0.1) is 0 Å². The molecule has 0 bridgehead atoms. The lowest BCUT2D eigenvalue weighted by atomic mass is 10.0. The highest BCUT2D eigenvalue weighted by Gasteiger charge is 2.20. The Morgan fingerprint density at radius 1 is 1.07 bits per heavy atom. The summed E-state index contributed by atoms with van der Waals surface area (Å²) in [5.74, 6) is 2.35. The van der Waals surface area contributed by atoms with Gasteiger partial charge in [-0.1, -0.05) is 13.0 Å². The molecular weight excluding hydrogens is 340 g/mol. The fourth-order valence-corrected chi connectivity index (χ4v) is 3.38. The second-order valence-electron chi connectivity index (χ2n) is 6.88. The van der Waals surface area contributed by atoms with Gasteiger partial charge < -0.3 is 14.8 Å². The molecule has 0 saturated carbocycles. The second kappa shape index (κ2) is 9.55. The summed E-state index contributed by atoms with van der Waals surface area (Å²) in [5, 5.41) is 3.47. The number of piperidine rings is 1. The van der Waals surface area contributed by atoms with Gasteiger partial charge in [0.2, 0.25) is 5.95 Å². The van der Waals surface area contributed by atoms with Gasteiger partial charge in [-0.15, -0.1) is 0 Å². The number of hydrogen-bond acceptors (Lipinski definition) is 6. The lowest BCUT2D eigenvalue weighted by Crippen LogP contribution is -2.39. The summed E-state index contributed by atoms with van der Waals surface area (Å²) in [6.45, 7) is 7.78. The predicted octanol–water partition coefficient (Wildman–Crippen LogP) is 3.52. The Labute approximate surface area is 161 Å². The third kappa shape index (κ3) is 5.32. The number of aryl methyl sites for hydroxylation is 1. The fraction of sp³-hybridized carbons (Fsp3) is 0.524. The van der Waals surface area contributed by atoms with Crippen molar-refractivity contribution in [2.24, 2.45) is 0 Å². The van der Waals surface area contributed by atoms with Gasteiger partial charge in [-0.25, -0.2) is 9.97 Å². The number of benzene rings is 1. The van der Waals surface area contributed by atoms with Gasteiger partial charge in [0.1, 0.15) is 0 Å². The van der Waals surface area contributed by atoms with Crippen molar-refractivity contribution in [2.75, 3.05) is 32.1 Å². The van der Waals surface area contributed by atoms with Gasteiger partial charge in [-0.2, -0.15) is 0 Å². The molecule has 0 unspecified atom stereocenters. The molecule has 1 aliphatic heterocycles. The van der Waals surface area contributed by atoms with E-state index in [4.69, 9.17) is 9.47 Å². The van der Waals surface area contributed by atoms with Crippen molar-refractivity contribution in [2.45, 2.75) is 45.7 Å². The van der Waals surface area contributed by atoms with E-state index in [0.717, 1.165) is 56.3 Å². The van der Waals surface area contributed by atoms with Crippen molar-refractivity contribution >= 4 is 5.95 Å². The third-order valence-corrected chi connectivity index (χ3v) is 4.97. The Balaban J connectivity index is 1.51. The third-order valence-electron chi connectivity index (χ3n) is 4.97. The van der Waals surface area contributed by atoms with Crippen LogP contribution in [0.5, 0.6) is 11.5 Å². The molecule has 0 spiro atoms. The molecule has 27 heavy (non-hydrogen) atoms. The van der Waals surface area contributed by atoms with Gasteiger partial charge in [0.15, 0.2) is 11.5 Å². The van der Waals surface area contributed by atoms with E-state index in [2.05, 4.69) is 39.2 Å². The lowest BCUT2D eigenvalue weighted by molar-refractivity contribution is 0.210. The highest BCUT2D eigenvalue weighted by molar-refractivity contribution is 5.43. The van der Waals surface area contributed by atoms with Gasteiger partial charge in [-0.05, 0) is 49.4 Å². The molecule has 1 fully saturated rings. The SMILES string of the molecule is CCOc1cc(CN2CCC(Nc3ncc(CC)cn3)CC2)ccc1OC. The maximum Gasteiger partial charge on any atom is 0.222 e. The molecular formula is C21H30N4O2. The molecule has 0 amide bonds. The maximum absolute atomic E-state index is 5.69. The Hall–Kier alpha value is -2.34. The van der Waals surface area contributed by atoms with Crippen LogP contribution in [0.3, 0.4) is 0 Å². The monoisotopic (exact) mass is 370 g/mol. The summed E-state index contributed by atoms with van der Waals surface area (Å²) in [6.07, 6.45) is 6.96. The Bertz CT molecular complexity index is 713. The van der Waals surface area contributed by atoms with Gasteiger partial charge >= 0.3 is 0 Å². The Morgan fingerprint density at radius 2 is 1.81 bits per heavy atom. The zero-order chi connectivity index (χ0) is 19.1. The first kappa shape index (κ1) is 19.4. The van der Waals surface area contributed by atoms with E-state index in [1.54, 1.807) is 7.11 Å². The smallest absolute Gasteiger partial charge is 0.222 e. The standard InChI is InChI=1S/C21H30N4O2/c1-4-16-13-22-21(23-14-16)24-18-8-10-25(11-9-18)15-17-6-7-19(26-3)20(12-17)27-5-2/h6-7,12-14,18H,4-5,8-11,15H2,1-3H3,(H,22,23,24). The highest BCUT2D eigenvalue weighted by Crippen LogP contribution is 2.29. The van der Waals surface area contributed by atoms with Crippen LogP contribution in [-0.4, -0.2) is 47.7 Å². The minimum Gasteiger partial charge on any atom is -0.493 e. The molecule has 1 N–H and O–H groups in total. The average molecular weight is 370 g/mol. The van der Waals surface area contributed by atoms with Crippen molar-refractivity contribution in [3.8, 4) is 11.5 Å². The van der Waals surface area contributed by atoms with Crippen LogP contribution >= 0.6 is 0 Å². The largest absolute Gasteiger partial charge is 0.493 e. The number of methoxy groups -OCH3 is 1. The van der Waals surface area contributed by atoms with Crippen LogP contribution in [0.25, 0.3) is 0 Å². The molecule has 2 aromatic rings. The molecule has 1 aliphatic rings. The summed E-state index contributed by atoms with van der Waals surface area (Å²) in [6, 6.07) is 6.64. The Morgan fingerprint density at radius 3 is 2.44 bits per heavy atom. The summed E-state index contributed by atoms with van der Waals surface area (Å²) in [7, 11) is 1.68. The van der Waals surface area contributed by atoms with Gasteiger partial charge in [0, 0.05) is 38.1 Å². The van der Waals surface area contributed by atoms with Crippen LogP contribution in [-0.2, 0) is 13.0 Å². The van der Waals surface area contributed by atoms with E-state index in [1.165, 1.54) is 11.1 Å².